The molecule has 1 fully saturated rings. The van der Waals surface area contributed by atoms with Gasteiger partial charge < -0.3 is 15.1 Å². The van der Waals surface area contributed by atoms with E-state index >= 15 is 0 Å². The van der Waals surface area contributed by atoms with Gasteiger partial charge in [-0.3, -0.25) is 4.79 Å². The van der Waals surface area contributed by atoms with Crippen molar-refractivity contribution in [2.45, 2.75) is 17.9 Å². The Labute approximate surface area is 164 Å². The summed E-state index contributed by atoms with van der Waals surface area (Å²) in [6.07, 6.45) is 0. The number of carbonyl (C=O) groups is 1. The number of rotatable bonds is 5. The normalized spacial score (nSPS) is 16.6. The maximum Gasteiger partial charge on any atom is 0.282 e. The van der Waals surface area contributed by atoms with Crippen LogP contribution < -0.4 is 20.3 Å². The van der Waals surface area contributed by atoms with Crippen LogP contribution in [-0.4, -0.2) is 46.5 Å². The Bertz CT molecular complexity index is 942. The molecule has 2 aromatic carbocycles. The molecule has 0 spiro atoms. The lowest BCUT2D eigenvalue weighted by Gasteiger charge is -2.36. The third kappa shape index (κ3) is 4.67. The molecule has 7 nitrogen and oxygen atoms in total. The Morgan fingerprint density at radius 1 is 1.14 bits per heavy atom. The summed E-state index contributed by atoms with van der Waals surface area (Å²) >= 11 is 0. The second kappa shape index (κ2) is 8.26. The average molecular weight is 407 g/mol. The van der Waals surface area contributed by atoms with E-state index in [4.69, 9.17) is 5.14 Å². The maximum absolute atomic E-state index is 13.9. The smallest absolute Gasteiger partial charge is 0.282 e. The van der Waals surface area contributed by atoms with Gasteiger partial charge in [0.15, 0.2) is 6.04 Å². The lowest BCUT2D eigenvalue weighted by Crippen LogP contribution is -3.19. The minimum atomic E-state index is -3.76. The zero-order valence-electron chi connectivity index (χ0n) is 15.6. The van der Waals surface area contributed by atoms with E-state index in [2.05, 4.69) is 5.32 Å². The molecule has 1 heterocycles. The molecule has 9 heteroatoms. The van der Waals surface area contributed by atoms with E-state index in [1.807, 2.05) is 17.9 Å². The highest BCUT2D eigenvalue weighted by Crippen LogP contribution is 2.18. The average Bonchev–Trinajstić information content (AvgIpc) is 2.67. The van der Waals surface area contributed by atoms with Crippen LogP contribution in [-0.2, 0) is 14.8 Å². The van der Waals surface area contributed by atoms with Crippen LogP contribution in [0.3, 0.4) is 0 Å². The lowest BCUT2D eigenvalue weighted by atomic mass is 10.2. The molecule has 3 rings (SSSR count). The van der Waals surface area contributed by atoms with Crippen LogP contribution in [0.2, 0.25) is 0 Å². The molecule has 1 aliphatic heterocycles. The molecule has 0 radical (unpaired) electrons. The Hall–Kier alpha value is -2.49. The number of carbonyl (C=O) groups excluding carboxylic acids is 1. The fourth-order valence-corrected chi connectivity index (χ4v) is 3.86. The fraction of sp³-hybridized carbons (Fsp3) is 0.316. The maximum atomic E-state index is 13.9. The van der Waals surface area contributed by atoms with Crippen molar-refractivity contribution in [1.82, 2.24) is 0 Å². The van der Waals surface area contributed by atoms with Gasteiger partial charge in [-0.15, -0.1) is 0 Å². The number of halogens is 1. The van der Waals surface area contributed by atoms with Gasteiger partial charge in [0.1, 0.15) is 5.82 Å². The molecule has 1 amide bonds. The van der Waals surface area contributed by atoms with Gasteiger partial charge >= 0.3 is 0 Å². The number of hydrogen-bond donors (Lipinski definition) is 3. The molecule has 150 valence electrons. The summed E-state index contributed by atoms with van der Waals surface area (Å²) in [6, 6.07) is 12.1. The summed E-state index contributed by atoms with van der Waals surface area (Å²) in [4.78, 5) is 15.7. The fourth-order valence-electron chi connectivity index (χ4n) is 3.34. The highest BCUT2D eigenvalue weighted by atomic mass is 32.2. The second-order valence-electron chi connectivity index (χ2n) is 6.88. The van der Waals surface area contributed by atoms with Crippen molar-refractivity contribution in [2.24, 2.45) is 5.14 Å². The molecule has 0 unspecified atom stereocenters. The van der Waals surface area contributed by atoms with E-state index in [1.165, 1.54) is 30.3 Å². The van der Waals surface area contributed by atoms with Crippen LogP contribution in [0.1, 0.15) is 6.92 Å². The molecule has 4 N–H and O–H groups in total. The SMILES string of the molecule is C[C@H](C(=O)Nc1ccc(S(N)(=O)=O)cc1)[NH+]1CCN(c2ccccc2F)CC1. The van der Waals surface area contributed by atoms with E-state index in [9.17, 15) is 17.6 Å². The monoisotopic (exact) mass is 407 g/mol. The predicted molar refractivity (Wildman–Crippen MR) is 105 cm³/mol. The summed E-state index contributed by atoms with van der Waals surface area (Å²) in [6.45, 7) is 4.61. The van der Waals surface area contributed by atoms with Crippen molar-refractivity contribution < 1.29 is 22.5 Å². The van der Waals surface area contributed by atoms with E-state index in [-0.39, 0.29) is 22.7 Å². The number of primary sulfonamides is 1. The zero-order valence-corrected chi connectivity index (χ0v) is 16.4. The first-order valence-electron chi connectivity index (χ1n) is 9.03. The van der Waals surface area contributed by atoms with Gasteiger partial charge in [0, 0.05) is 5.69 Å². The quantitative estimate of drug-likeness (QED) is 0.660. The van der Waals surface area contributed by atoms with E-state index in [0.717, 1.165) is 4.90 Å². The third-order valence-corrected chi connectivity index (χ3v) is 5.98. The predicted octanol–water partition coefficient (Wildman–Crippen LogP) is 0.205. The molecular weight excluding hydrogens is 383 g/mol. The van der Waals surface area contributed by atoms with E-state index in [1.54, 1.807) is 12.1 Å². The van der Waals surface area contributed by atoms with Gasteiger partial charge in [-0.05, 0) is 43.3 Å². The van der Waals surface area contributed by atoms with Crippen molar-refractivity contribution in [3.63, 3.8) is 0 Å². The van der Waals surface area contributed by atoms with Crippen molar-refractivity contribution in [2.75, 3.05) is 36.4 Å². The Balaban J connectivity index is 1.57. The molecule has 1 aliphatic rings. The van der Waals surface area contributed by atoms with Gasteiger partial charge in [0.25, 0.3) is 5.91 Å². The summed E-state index contributed by atoms with van der Waals surface area (Å²) < 4.78 is 36.5. The third-order valence-electron chi connectivity index (χ3n) is 5.05. The summed E-state index contributed by atoms with van der Waals surface area (Å²) in [7, 11) is -3.76. The van der Waals surface area contributed by atoms with Crippen LogP contribution >= 0.6 is 0 Å². The number of piperazine rings is 1. The number of hydrogen-bond acceptors (Lipinski definition) is 4. The van der Waals surface area contributed by atoms with Crippen molar-refractivity contribution in [1.29, 1.82) is 0 Å². The molecule has 0 bridgehead atoms. The number of sulfonamides is 1. The Morgan fingerprint density at radius 3 is 2.32 bits per heavy atom. The van der Waals surface area contributed by atoms with Gasteiger partial charge in [-0.1, -0.05) is 12.1 Å². The van der Waals surface area contributed by atoms with Crippen LogP contribution in [0, 0.1) is 5.82 Å². The van der Waals surface area contributed by atoms with Crippen LogP contribution in [0.15, 0.2) is 53.4 Å². The molecule has 2 aromatic rings. The number of nitrogens with one attached hydrogen (secondary N) is 2. The highest BCUT2D eigenvalue weighted by Gasteiger charge is 2.30. The molecule has 0 aromatic heterocycles. The van der Waals surface area contributed by atoms with Crippen LogP contribution in [0.5, 0.6) is 0 Å². The number of nitrogens with two attached hydrogens (primary N) is 1. The molecule has 1 saturated heterocycles. The molecule has 0 saturated carbocycles. The number of amides is 1. The van der Waals surface area contributed by atoms with Crippen molar-refractivity contribution in [3.05, 3.63) is 54.3 Å². The first kappa shape index (κ1) is 20.2. The van der Waals surface area contributed by atoms with E-state index < -0.39 is 10.0 Å². The Kier molecular flexibility index (Phi) is 5.97. The van der Waals surface area contributed by atoms with Gasteiger partial charge in [0.2, 0.25) is 10.0 Å². The standard InChI is InChI=1S/C19H23FN4O3S/c1-14(19(25)22-15-6-8-16(9-7-15)28(21,26)27)23-10-12-24(13-11-23)18-5-3-2-4-17(18)20/h2-9,14H,10-13H2,1H3,(H,22,25)(H2,21,26,27)/p+1/t14-/m1/s1. The first-order chi connectivity index (χ1) is 13.3. The van der Waals surface area contributed by atoms with Crippen LogP contribution in [0.25, 0.3) is 0 Å². The lowest BCUT2D eigenvalue weighted by molar-refractivity contribution is -0.914. The van der Waals surface area contributed by atoms with Crippen LogP contribution in [0.4, 0.5) is 15.8 Å². The number of nitrogens with zero attached hydrogens (tertiary/aromatic N) is 1. The van der Waals surface area contributed by atoms with E-state index in [0.29, 0.717) is 37.6 Å². The molecule has 28 heavy (non-hydrogen) atoms. The molecular formula is C19H24FN4O3S+. The Morgan fingerprint density at radius 2 is 1.75 bits per heavy atom. The summed E-state index contributed by atoms with van der Waals surface area (Å²) in [5.74, 6) is -0.391. The molecule has 0 aliphatic carbocycles. The minimum absolute atomic E-state index is 0.00608. The number of benzene rings is 2. The number of para-hydroxylation sites is 1. The number of quaternary nitrogens is 1. The summed E-state index contributed by atoms with van der Waals surface area (Å²) in [5.41, 5.74) is 1.10. The first-order valence-corrected chi connectivity index (χ1v) is 10.6. The van der Waals surface area contributed by atoms with Crippen molar-refractivity contribution in [3.8, 4) is 0 Å². The zero-order chi connectivity index (χ0) is 20.3. The topological polar surface area (TPSA) is 96.9 Å². The van der Waals surface area contributed by atoms with Crippen molar-refractivity contribution >= 4 is 27.3 Å². The summed E-state index contributed by atoms with van der Waals surface area (Å²) in [5, 5.41) is 7.87. The molecule has 1 atom stereocenters. The second-order valence-corrected chi connectivity index (χ2v) is 8.44. The highest BCUT2D eigenvalue weighted by molar-refractivity contribution is 7.89. The minimum Gasteiger partial charge on any atom is -0.358 e. The number of anilines is 2. The van der Waals surface area contributed by atoms with Gasteiger partial charge in [0.05, 0.1) is 36.8 Å². The van der Waals surface area contributed by atoms with Gasteiger partial charge in [-0.25, -0.2) is 17.9 Å². The van der Waals surface area contributed by atoms with Gasteiger partial charge in [-0.2, -0.15) is 0 Å². The largest absolute Gasteiger partial charge is 0.358 e.